The van der Waals surface area contributed by atoms with E-state index in [1.165, 1.54) is 10.4 Å². The number of benzene rings is 2. The van der Waals surface area contributed by atoms with E-state index in [2.05, 4.69) is 86.8 Å². The third kappa shape index (κ3) is 4.24. The molecule has 0 radical (unpaired) electrons. The van der Waals surface area contributed by atoms with Crippen molar-refractivity contribution in [1.82, 2.24) is 10.2 Å². The van der Waals surface area contributed by atoms with Crippen LogP contribution in [0.5, 0.6) is 0 Å². The predicted octanol–water partition coefficient (Wildman–Crippen LogP) is 4.30. The first kappa shape index (κ1) is 24.5. The summed E-state index contributed by atoms with van der Waals surface area (Å²) in [5.41, 5.74) is -0.519. The largest absolute Gasteiger partial charge is 0.444 e. The molecule has 3 heterocycles. The number of amides is 1. The van der Waals surface area contributed by atoms with Crippen LogP contribution in [0.1, 0.15) is 54.4 Å². The van der Waals surface area contributed by atoms with Crippen LogP contribution in [0.15, 0.2) is 60.7 Å². The average Bonchev–Trinajstić information content (AvgIpc) is 2.88. The number of piperidine rings is 2. The lowest BCUT2D eigenvalue weighted by atomic mass is 9.88. The second-order valence-electron chi connectivity index (χ2n) is 12.5. The molecule has 3 aliphatic heterocycles. The van der Waals surface area contributed by atoms with Gasteiger partial charge in [-0.2, -0.15) is 0 Å². The molecule has 1 N–H and O–H groups in total. The van der Waals surface area contributed by atoms with E-state index >= 15 is 0 Å². The highest BCUT2D eigenvalue weighted by atomic mass is 28.4. The summed E-state index contributed by atoms with van der Waals surface area (Å²) in [7, 11) is -2.74. The first-order valence-electron chi connectivity index (χ1n) is 13.0. The number of nitrogens with one attached hydrogen (secondary N) is 1. The van der Waals surface area contributed by atoms with Gasteiger partial charge in [0.15, 0.2) is 0 Å². The van der Waals surface area contributed by atoms with Crippen LogP contribution >= 0.6 is 0 Å². The molecule has 0 unspecified atom stereocenters. The van der Waals surface area contributed by atoms with Crippen LogP contribution in [-0.4, -0.2) is 55.7 Å². The maximum Gasteiger partial charge on any atom is 0.410 e. The van der Waals surface area contributed by atoms with Crippen LogP contribution in [0.25, 0.3) is 0 Å². The van der Waals surface area contributed by atoms with E-state index in [1.54, 1.807) is 0 Å². The third-order valence-corrected chi connectivity index (χ3v) is 13.0. The summed E-state index contributed by atoms with van der Waals surface area (Å²) in [6.07, 6.45) is 1.70. The van der Waals surface area contributed by atoms with Crippen LogP contribution in [0, 0.1) is 5.92 Å². The highest BCUT2D eigenvalue weighted by molar-refractivity contribution is 6.99. The molecule has 0 aromatic heterocycles. The van der Waals surface area contributed by atoms with Gasteiger partial charge in [-0.3, -0.25) is 4.90 Å². The van der Waals surface area contributed by atoms with E-state index in [1.807, 2.05) is 25.7 Å². The van der Waals surface area contributed by atoms with Gasteiger partial charge in [0, 0.05) is 0 Å². The summed E-state index contributed by atoms with van der Waals surface area (Å²) in [6.45, 7) is 13.8. The van der Waals surface area contributed by atoms with Crippen molar-refractivity contribution in [2.24, 2.45) is 5.92 Å². The van der Waals surface area contributed by atoms with E-state index in [-0.39, 0.29) is 35.4 Å². The normalized spacial score (nSPS) is 28.3. The van der Waals surface area contributed by atoms with Crippen molar-refractivity contribution in [2.75, 3.05) is 6.54 Å². The fourth-order valence-electron chi connectivity index (χ4n) is 6.68. The summed E-state index contributed by atoms with van der Waals surface area (Å²) >= 11 is 0. The Bertz CT molecular complexity index is 1010. The molecular weight excluding hydrogens is 452 g/mol. The van der Waals surface area contributed by atoms with E-state index in [9.17, 15) is 4.79 Å². The third-order valence-electron chi connectivity index (χ3n) is 7.99. The summed E-state index contributed by atoms with van der Waals surface area (Å²) in [6, 6.07) is 21.9. The van der Waals surface area contributed by atoms with Crippen molar-refractivity contribution in [2.45, 2.75) is 89.3 Å². The lowest BCUT2D eigenvalue weighted by Gasteiger charge is -2.46. The molecule has 3 fully saturated rings. The molecule has 1 amide bonds. The first-order valence-corrected chi connectivity index (χ1v) is 15.0. The molecule has 0 saturated carbocycles. The maximum atomic E-state index is 13.4. The Morgan fingerprint density at radius 2 is 1.43 bits per heavy atom. The fraction of sp³-hybridized carbons (Fsp3) is 0.552. The smallest absolute Gasteiger partial charge is 0.410 e. The molecule has 3 bridgehead atoms. The average molecular weight is 493 g/mol. The van der Waals surface area contributed by atoms with Gasteiger partial charge in [0.1, 0.15) is 5.60 Å². The van der Waals surface area contributed by atoms with Crippen molar-refractivity contribution in [3.8, 4) is 0 Å². The van der Waals surface area contributed by atoms with Crippen LogP contribution in [0.3, 0.4) is 0 Å². The highest BCUT2D eigenvalue weighted by Gasteiger charge is 2.62. The second kappa shape index (κ2) is 8.75. The minimum atomic E-state index is -2.74. The molecule has 5 atom stereocenters. The van der Waals surface area contributed by atoms with Crippen molar-refractivity contribution in [3.63, 3.8) is 0 Å². The number of carbonyl (C=O) groups excluding carboxylic acids is 1. The molecular formula is C29H40N2O3Si. The second-order valence-corrected chi connectivity index (χ2v) is 16.8. The SMILES string of the molecule is CC(C)(C)OC(=O)N1[C@H]2C[C@@H]3CN[C@@H]2[C@H](O[Si](c2ccccc2)(c2ccccc2)C(C)(C)C)[C@@H]1C3. The molecule has 2 aromatic rings. The quantitative estimate of drug-likeness (QED) is 0.647. The molecule has 2 aromatic carbocycles. The lowest BCUT2D eigenvalue weighted by Crippen LogP contribution is -2.69. The molecule has 35 heavy (non-hydrogen) atoms. The lowest BCUT2D eigenvalue weighted by molar-refractivity contribution is -0.00693. The zero-order chi connectivity index (χ0) is 25.0. The van der Waals surface area contributed by atoms with Crippen LogP contribution in [0.4, 0.5) is 4.79 Å². The van der Waals surface area contributed by atoms with E-state index in [4.69, 9.17) is 9.16 Å². The van der Waals surface area contributed by atoms with E-state index in [0.717, 1.165) is 19.4 Å². The van der Waals surface area contributed by atoms with Gasteiger partial charge in [-0.15, -0.1) is 0 Å². The summed E-state index contributed by atoms with van der Waals surface area (Å²) in [5.74, 6) is 0.577. The summed E-state index contributed by atoms with van der Waals surface area (Å²) in [4.78, 5) is 15.5. The van der Waals surface area contributed by atoms with Crippen molar-refractivity contribution < 1.29 is 14.0 Å². The Kier molecular flexibility index (Phi) is 6.13. The zero-order valence-electron chi connectivity index (χ0n) is 22.0. The van der Waals surface area contributed by atoms with Crippen LogP contribution in [0.2, 0.25) is 5.04 Å². The van der Waals surface area contributed by atoms with Crippen molar-refractivity contribution >= 4 is 24.8 Å². The van der Waals surface area contributed by atoms with E-state index in [0.29, 0.717) is 5.92 Å². The highest BCUT2D eigenvalue weighted by Crippen LogP contribution is 2.47. The standard InChI is InChI=1S/C29H40N2O3Si/c1-28(2,3)33-27(32)31-23-17-20-18-24(31)26(25(23)30-19-20)34-35(29(4,5)6,21-13-9-7-10-14-21)22-15-11-8-12-16-22/h7-16,20,23-26,30H,17-19H2,1-6H3/t20-,23-,24-,25-,26+/m0/s1. The number of rotatable bonds is 4. The van der Waals surface area contributed by atoms with Gasteiger partial charge >= 0.3 is 6.09 Å². The minimum Gasteiger partial charge on any atom is -0.444 e. The van der Waals surface area contributed by atoms with Gasteiger partial charge in [0.25, 0.3) is 8.32 Å². The van der Waals surface area contributed by atoms with Crippen LogP contribution < -0.4 is 15.7 Å². The van der Waals surface area contributed by atoms with Gasteiger partial charge < -0.3 is 14.5 Å². The van der Waals surface area contributed by atoms with Gasteiger partial charge in [0.2, 0.25) is 0 Å². The molecule has 5 nitrogen and oxygen atoms in total. The molecule has 0 spiro atoms. The Morgan fingerprint density at radius 3 is 1.94 bits per heavy atom. The number of hydrogen-bond acceptors (Lipinski definition) is 4. The molecule has 6 heteroatoms. The van der Waals surface area contributed by atoms with Crippen LogP contribution in [-0.2, 0) is 9.16 Å². The van der Waals surface area contributed by atoms with E-state index < -0.39 is 13.9 Å². The molecule has 5 rings (SSSR count). The predicted molar refractivity (Wildman–Crippen MR) is 143 cm³/mol. The summed E-state index contributed by atoms with van der Waals surface area (Å²) in [5, 5.41) is 6.24. The first-order chi connectivity index (χ1) is 16.5. The Hall–Kier alpha value is -2.15. The Morgan fingerprint density at radius 1 is 0.886 bits per heavy atom. The molecule has 3 saturated heterocycles. The number of carbonyl (C=O) groups is 1. The number of ether oxygens (including phenoxy) is 1. The van der Waals surface area contributed by atoms with Crippen molar-refractivity contribution in [1.29, 1.82) is 0 Å². The Labute approximate surface area is 211 Å². The molecule has 0 aliphatic carbocycles. The van der Waals surface area contributed by atoms with Gasteiger partial charge in [-0.05, 0) is 61.5 Å². The maximum absolute atomic E-state index is 13.4. The zero-order valence-corrected chi connectivity index (χ0v) is 23.0. The van der Waals surface area contributed by atoms with Gasteiger partial charge in [0.05, 0.1) is 24.2 Å². The number of fused-ring (bicyclic) bond motifs is 2. The topological polar surface area (TPSA) is 50.8 Å². The molecule has 3 aliphatic rings. The number of nitrogens with zero attached hydrogens (tertiary/aromatic N) is 1. The monoisotopic (exact) mass is 492 g/mol. The van der Waals surface area contributed by atoms with Crippen molar-refractivity contribution in [3.05, 3.63) is 60.7 Å². The minimum absolute atomic E-state index is 0.0234. The van der Waals surface area contributed by atoms with Gasteiger partial charge in [-0.1, -0.05) is 81.4 Å². The Balaban J connectivity index is 1.60. The van der Waals surface area contributed by atoms with Gasteiger partial charge in [-0.25, -0.2) is 4.79 Å². The summed E-state index contributed by atoms with van der Waals surface area (Å²) < 4.78 is 13.5. The molecule has 188 valence electrons. The number of hydrogen-bond donors (Lipinski definition) is 1. The fourth-order valence-corrected chi connectivity index (χ4v) is 11.4.